The van der Waals surface area contributed by atoms with Crippen LogP contribution in [0.5, 0.6) is 0 Å². The van der Waals surface area contributed by atoms with Crippen LogP contribution in [0, 0.1) is 11.8 Å². The first-order valence-electron chi connectivity index (χ1n) is 6.60. The van der Waals surface area contributed by atoms with Crippen LogP contribution in [0.25, 0.3) is 0 Å². The van der Waals surface area contributed by atoms with Gasteiger partial charge in [0.2, 0.25) is 0 Å². The van der Waals surface area contributed by atoms with Crippen molar-refractivity contribution in [3.05, 3.63) is 0 Å². The fourth-order valence-electron chi connectivity index (χ4n) is 3.01. The predicted molar refractivity (Wildman–Crippen MR) is 64.8 cm³/mol. The molecule has 88 valence electrons. The van der Waals surface area contributed by atoms with E-state index >= 15 is 0 Å². The minimum absolute atomic E-state index is 0.185. The third kappa shape index (κ3) is 2.73. The van der Waals surface area contributed by atoms with Gasteiger partial charge in [0.15, 0.2) is 0 Å². The SMILES string of the molecule is CC(C)C1CCN(CC2(N)CCC2)CC1. The van der Waals surface area contributed by atoms with Gasteiger partial charge in [-0.3, -0.25) is 0 Å². The molecule has 2 heteroatoms. The summed E-state index contributed by atoms with van der Waals surface area (Å²) in [6.45, 7) is 8.43. The van der Waals surface area contributed by atoms with Gasteiger partial charge in [0, 0.05) is 12.1 Å². The Kier molecular flexibility index (Phi) is 3.36. The fourth-order valence-corrected chi connectivity index (χ4v) is 3.01. The fraction of sp³-hybridized carbons (Fsp3) is 1.00. The second-order valence-electron chi connectivity index (χ2n) is 6.07. The van der Waals surface area contributed by atoms with Crippen LogP contribution in [0.2, 0.25) is 0 Å². The summed E-state index contributed by atoms with van der Waals surface area (Å²) in [5.41, 5.74) is 6.47. The molecule has 0 bridgehead atoms. The molecule has 0 atom stereocenters. The minimum Gasteiger partial charge on any atom is -0.324 e. The average Bonchev–Trinajstić information content (AvgIpc) is 2.16. The minimum atomic E-state index is 0.185. The number of hydrogen-bond acceptors (Lipinski definition) is 2. The van der Waals surface area contributed by atoms with E-state index < -0.39 is 0 Å². The monoisotopic (exact) mass is 210 g/mol. The number of nitrogens with zero attached hydrogens (tertiary/aromatic N) is 1. The van der Waals surface area contributed by atoms with Gasteiger partial charge in [-0.15, -0.1) is 0 Å². The van der Waals surface area contributed by atoms with Crippen molar-refractivity contribution < 1.29 is 0 Å². The Morgan fingerprint density at radius 2 is 1.87 bits per heavy atom. The summed E-state index contributed by atoms with van der Waals surface area (Å²) in [4.78, 5) is 2.60. The molecule has 0 spiro atoms. The van der Waals surface area contributed by atoms with Gasteiger partial charge in [0.05, 0.1) is 0 Å². The molecule has 2 fully saturated rings. The number of likely N-dealkylation sites (tertiary alicyclic amines) is 1. The lowest BCUT2D eigenvalue weighted by Gasteiger charge is -2.44. The summed E-state index contributed by atoms with van der Waals surface area (Å²) in [5.74, 6) is 1.82. The molecule has 2 aliphatic rings. The molecule has 0 radical (unpaired) electrons. The Bertz CT molecular complexity index is 201. The van der Waals surface area contributed by atoms with E-state index in [-0.39, 0.29) is 5.54 Å². The summed E-state index contributed by atoms with van der Waals surface area (Å²) >= 11 is 0. The third-order valence-corrected chi connectivity index (χ3v) is 4.46. The largest absolute Gasteiger partial charge is 0.324 e. The topological polar surface area (TPSA) is 29.3 Å². The lowest BCUT2D eigenvalue weighted by Crippen LogP contribution is -2.56. The first-order chi connectivity index (χ1) is 7.09. The molecule has 0 aromatic rings. The van der Waals surface area contributed by atoms with Gasteiger partial charge < -0.3 is 10.6 Å². The van der Waals surface area contributed by atoms with Crippen LogP contribution in [-0.4, -0.2) is 30.1 Å². The van der Waals surface area contributed by atoms with E-state index in [1.54, 1.807) is 0 Å². The standard InChI is InChI=1S/C13H26N2/c1-11(2)12-4-8-15(9-5-12)10-13(14)6-3-7-13/h11-12H,3-10,14H2,1-2H3. The van der Waals surface area contributed by atoms with E-state index in [0.717, 1.165) is 18.4 Å². The van der Waals surface area contributed by atoms with Crippen molar-refractivity contribution in [3.8, 4) is 0 Å². The molecular weight excluding hydrogens is 184 g/mol. The van der Waals surface area contributed by atoms with Crippen LogP contribution in [-0.2, 0) is 0 Å². The Labute approximate surface area is 94.2 Å². The molecule has 1 aliphatic heterocycles. The summed E-state index contributed by atoms with van der Waals surface area (Å²) in [7, 11) is 0. The molecule has 0 unspecified atom stereocenters. The molecule has 1 heterocycles. The van der Waals surface area contributed by atoms with Crippen molar-refractivity contribution >= 4 is 0 Å². The van der Waals surface area contributed by atoms with Crippen LogP contribution >= 0.6 is 0 Å². The molecule has 1 aliphatic carbocycles. The van der Waals surface area contributed by atoms with Crippen LogP contribution in [0.3, 0.4) is 0 Å². The van der Waals surface area contributed by atoms with Gasteiger partial charge >= 0.3 is 0 Å². The van der Waals surface area contributed by atoms with Gasteiger partial charge in [-0.25, -0.2) is 0 Å². The van der Waals surface area contributed by atoms with Crippen LogP contribution in [0.15, 0.2) is 0 Å². The molecule has 0 aromatic heterocycles. The van der Waals surface area contributed by atoms with Crippen molar-refractivity contribution in [2.45, 2.75) is 51.5 Å². The molecule has 2 rings (SSSR count). The number of piperidine rings is 1. The number of nitrogens with two attached hydrogens (primary N) is 1. The zero-order valence-corrected chi connectivity index (χ0v) is 10.3. The van der Waals surface area contributed by atoms with E-state index in [1.807, 2.05) is 0 Å². The zero-order valence-electron chi connectivity index (χ0n) is 10.3. The first kappa shape index (κ1) is 11.4. The van der Waals surface area contributed by atoms with Gasteiger partial charge in [-0.1, -0.05) is 13.8 Å². The van der Waals surface area contributed by atoms with E-state index in [4.69, 9.17) is 5.73 Å². The van der Waals surface area contributed by atoms with Crippen molar-refractivity contribution in [1.82, 2.24) is 4.90 Å². The van der Waals surface area contributed by atoms with E-state index in [0.29, 0.717) is 0 Å². The highest BCUT2D eigenvalue weighted by atomic mass is 15.2. The maximum Gasteiger partial charge on any atom is 0.0283 e. The van der Waals surface area contributed by atoms with Crippen molar-refractivity contribution in [2.75, 3.05) is 19.6 Å². The Morgan fingerprint density at radius 1 is 1.27 bits per heavy atom. The lowest BCUT2D eigenvalue weighted by atomic mass is 9.76. The van der Waals surface area contributed by atoms with Crippen molar-refractivity contribution in [2.24, 2.45) is 17.6 Å². The summed E-state index contributed by atoms with van der Waals surface area (Å²) in [6, 6.07) is 0. The maximum atomic E-state index is 6.29. The number of hydrogen-bond donors (Lipinski definition) is 1. The predicted octanol–water partition coefficient (Wildman–Crippen LogP) is 2.24. The van der Waals surface area contributed by atoms with Gasteiger partial charge in [0.1, 0.15) is 0 Å². The summed E-state index contributed by atoms with van der Waals surface area (Å²) in [5, 5.41) is 0. The highest BCUT2D eigenvalue weighted by molar-refractivity contribution is 4.95. The lowest BCUT2D eigenvalue weighted by molar-refractivity contribution is 0.0990. The summed E-state index contributed by atoms with van der Waals surface area (Å²) < 4.78 is 0. The van der Waals surface area contributed by atoms with Crippen LogP contribution in [0.4, 0.5) is 0 Å². The van der Waals surface area contributed by atoms with E-state index in [2.05, 4.69) is 18.7 Å². The zero-order chi connectivity index (χ0) is 10.9. The maximum absolute atomic E-state index is 6.29. The van der Waals surface area contributed by atoms with Crippen LogP contribution < -0.4 is 5.73 Å². The molecule has 2 nitrogen and oxygen atoms in total. The van der Waals surface area contributed by atoms with E-state index in [9.17, 15) is 0 Å². The van der Waals surface area contributed by atoms with Crippen molar-refractivity contribution in [3.63, 3.8) is 0 Å². The van der Waals surface area contributed by atoms with Gasteiger partial charge in [-0.2, -0.15) is 0 Å². The third-order valence-electron chi connectivity index (χ3n) is 4.46. The second kappa shape index (κ2) is 4.42. The first-order valence-corrected chi connectivity index (χ1v) is 6.60. The average molecular weight is 210 g/mol. The quantitative estimate of drug-likeness (QED) is 0.774. The van der Waals surface area contributed by atoms with E-state index in [1.165, 1.54) is 45.2 Å². The highest BCUT2D eigenvalue weighted by Gasteiger charge is 2.35. The summed E-state index contributed by atoms with van der Waals surface area (Å²) in [6.07, 6.45) is 6.61. The normalized spacial score (nSPS) is 28.0. The van der Waals surface area contributed by atoms with Crippen molar-refractivity contribution in [1.29, 1.82) is 0 Å². The Hall–Kier alpha value is -0.0800. The Balaban J connectivity index is 1.73. The molecule has 1 saturated heterocycles. The molecular formula is C13H26N2. The molecule has 0 aromatic carbocycles. The molecule has 1 saturated carbocycles. The second-order valence-corrected chi connectivity index (χ2v) is 6.07. The smallest absolute Gasteiger partial charge is 0.0283 e. The van der Waals surface area contributed by atoms with Gasteiger partial charge in [-0.05, 0) is 57.0 Å². The van der Waals surface area contributed by atoms with Crippen LogP contribution in [0.1, 0.15) is 46.0 Å². The number of rotatable bonds is 3. The highest BCUT2D eigenvalue weighted by Crippen LogP contribution is 2.32. The Morgan fingerprint density at radius 3 is 2.27 bits per heavy atom. The molecule has 15 heavy (non-hydrogen) atoms. The molecule has 2 N–H and O–H groups in total. The molecule has 0 amide bonds. The van der Waals surface area contributed by atoms with Gasteiger partial charge in [0.25, 0.3) is 0 Å².